The molecule has 4 atom stereocenters. The lowest BCUT2D eigenvalue weighted by Crippen LogP contribution is -2.58. The van der Waals surface area contributed by atoms with Crippen molar-refractivity contribution in [3.63, 3.8) is 0 Å². The molecule has 30 heavy (non-hydrogen) atoms. The predicted octanol–water partition coefficient (Wildman–Crippen LogP) is -2.08. The van der Waals surface area contributed by atoms with E-state index in [1.807, 2.05) is 6.26 Å². The van der Waals surface area contributed by atoms with Crippen LogP contribution in [0.3, 0.4) is 0 Å². The maximum Gasteiger partial charge on any atom is 0.326 e. The number of thiol groups is 1. The van der Waals surface area contributed by atoms with E-state index in [2.05, 4.69) is 23.3 Å². The molecule has 11 nitrogen and oxygen atoms in total. The molecule has 1 fully saturated rings. The molecule has 4 amide bonds. The number of carboxylic acid groups (broad SMARTS) is 1. The lowest BCUT2D eigenvalue weighted by molar-refractivity contribution is -0.149. The molecular weight excluding hydrogens is 434 g/mol. The second-order valence-electron chi connectivity index (χ2n) is 6.89. The third-order valence-electron chi connectivity index (χ3n) is 4.62. The molecule has 0 aliphatic carbocycles. The second kappa shape index (κ2) is 12.6. The number of rotatable bonds is 12. The van der Waals surface area contributed by atoms with Gasteiger partial charge in [-0.3, -0.25) is 19.2 Å². The molecule has 0 radical (unpaired) electrons. The minimum Gasteiger partial charge on any atom is -0.480 e. The summed E-state index contributed by atoms with van der Waals surface area (Å²) in [5.74, 6) is -3.33. The molecule has 7 N–H and O–H groups in total. The van der Waals surface area contributed by atoms with Crippen LogP contribution in [-0.4, -0.2) is 88.1 Å². The van der Waals surface area contributed by atoms with E-state index in [9.17, 15) is 29.1 Å². The van der Waals surface area contributed by atoms with Crippen LogP contribution in [0.25, 0.3) is 0 Å². The molecule has 0 aromatic rings. The lowest BCUT2D eigenvalue weighted by Gasteiger charge is -2.28. The molecule has 1 aliphatic heterocycles. The molecule has 0 saturated carbocycles. The molecule has 1 heterocycles. The first-order chi connectivity index (χ1) is 14.1. The Morgan fingerprint density at radius 3 is 2.37 bits per heavy atom. The van der Waals surface area contributed by atoms with Crippen molar-refractivity contribution in [1.29, 1.82) is 0 Å². The molecule has 1 saturated heterocycles. The van der Waals surface area contributed by atoms with Crippen molar-refractivity contribution in [3.8, 4) is 0 Å². The summed E-state index contributed by atoms with van der Waals surface area (Å²) in [4.78, 5) is 61.7. The van der Waals surface area contributed by atoms with Gasteiger partial charge >= 0.3 is 5.97 Å². The number of carboxylic acids is 1. The maximum absolute atomic E-state index is 12.9. The first kappa shape index (κ1) is 26.0. The van der Waals surface area contributed by atoms with E-state index in [1.165, 1.54) is 11.8 Å². The topological polar surface area (TPSA) is 185 Å². The molecule has 0 bridgehead atoms. The molecule has 0 aromatic heterocycles. The highest BCUT2D eigenvalue weighted by Gasteiger charge is 2.38. The van der Waals surface area contributed by atoms with E-state index in [0.29, 0.717) is 12.2 Å². The minimum atomic E-state index is -1.33. The summed E-state index contributed by atoms with van der Waals surface area (Å²) in [6.45, 7) is 0.199. The number of amides is 4. The zero-order valence-electron chi connectivity index (χ0n) is 16.7. The normalized spacial score (nSPS) is 18.9. The molecule has 1 rings (SSSR count). The monoisotopic (exact) mass is 463 g/mol. The lowest BCUT2D eigenvalue weighted by atomic mass is 10.1. The van der Waals surface area contributed by atoms with E-state index < -0.39 is 60.2 Å². The average Bonchev–Trinajstić information content (AvgIpc) is 3.18. The van der Waals surface area contributed by atoms with Crippen molar-refractivity contribution in [2.45, 2.75) is 49.9 Å². The summed E-state index contributed by atoms with van der Waals surface area (Å²) in [7, 11) is 0. The number of carbonyl (C=O) groups is 5. The quantitative estimate of drug-likeness (QED) is 0.178. The van der Waals surface area contributed by atoms with Gasteiger partial charge < -0.3 is 32.1 Å². The SMILES string of the molecule is CSCCC(NC(=O)C(N)CS)C(=O)NC(CC(N)=O)C(=O)N1CCCC1C(=O)O. The Labute approximate surface area is 184 Å². The fourth-order valence-electron chi connectivity index (χ4n) is 3.03. The highest BCUT2D eigenvalue weighted by Crippen LogP contribution is 2.19. The number of primary amides is 1. The fraction of sp³-hybridized carbons (Fsp3) is 0.706. The number of nitrogens with two attached hydrogens (primary N) is 2. The molecule has 0 spiro atoms. The van der Waals surface area contributed by atoms with E-state index in [1.54, 1.807) is 0 Å². The van der Waals surface area contributed by atoms with Gasteiger partial charge in [0, 0.05) is 12.3 Å². The molecular formula is C17H29N5O6S2. The molecule has 13 heteroatoms. The van der Waals surface area contributed by atoms with Crippen molar-refractivity contribution in [2.75, 3.05) is 24.3 Å². The Morgan fingerprint density at radius 1 is 1.20 bits per heavy atom. The van der Waals surface area contributed by atoms with Gasteiger partial charge in [-0.15, -0.1) is 0 Å². The van der Waals surface area contributed by atoms with Gasteiger partial charge in [-0.25, -0.2) is 4.79 Å². The fourth-order valence-corrected chi connectivity index (χ4v) is 3.66. The number of aliphatic carboxylic acids is 1. The van der Waals surface area contributed by atoms with E-state index in [0.717, 1.165) is 4.90 Å². The largest absolute Gasteiger partial charge is 0.480 e. The van der Waals surface area contributed by atoms with Gasteiger partial charge in [0.2, 0.25) is 23.6 Å². The Hall–Kier alpha value is -1.99. The Kier molecular flexibility index (Phi) is 11.0. The van der Waals surface area contributed by atoms with Gasteiger partial charge in [0.05, 0.1) is 12.5 Å². The van der Waals surface area contributed by atoms with Crippen LogP contribution >= 0.6 is 24.4 Å². The number of nitrogens with zero attached hydrogens (tertiary/aromatic N) is 1. The van der Waals surface area contributed by atoms with Crippen LogP contribution in [0.4, 0.5) is 0 Å². The van der Waals surface area contributed by atoms with Gasteiger partial charge in [0.15, 0.2) is 0 Å². The summed E-state index contributed by atoms with van der Waals surface area (Å²) in [5, 5.41) is 14.3. The summed E-state index contributed by atoms with van der Waals surface area (Å²) < 4.78 is 0. The van der Waals surface area contributed by atoms with Crippen molar-refractivity contribution in [1.82, 2.24) is 15.5 Å². The Balaban J connectivity index is 2.97. The Bertz CT molecular complexity index is 665. The first-order valence-corrected chi connectivity index (χ1v) is 11.4. The van der Waals surface area contributed by atoms with E-state index in [4.69, 9.17) is 11.5 Å². The minimum absolute atomic E-state index is 0.0804. The summed E-state index contributed by atoms with van der Waals surface area (Å²) >= 11 is 5.41. The van der Waals surface area contributed by atoms with Crippen LogP contribution in [0.2, 0.25) is 0 Å². The zero-order valence-corrected chi connectivity index (χ0v) is 18.4. The Morgan fingerprint density at radius 2 is 1.83 bits per heavy atom. The van der Waals surface area contributed by atoms with Crippen molar-refractivity contribution < 1.29 is 29.1 Å². The smallest absolute Gasteiger partial charge is 0.326 e. The third kappa shape index (κ3) is 7.69. The maximum atomic E-state index is 12.9. The van der Waals surface area contributed by atoms with Crippen LogP contribution in [-0.2, 0) is 24.0 Å². The van der Waals surface area contributed by atoms with Gasteiger partial charge in [-0.2, -0.15) is 24.4 Å². The molecule has 4 unspecified atom stereocenters. The van der Waals surface area contributed by atoms with Crippen molar-refractivity contribution in [2.24, 2.45) is 11.5 Å². The number of hydrogen-bond donors (Lipinski definition) is 6. The van der Waals surface area contributed by atoms with Crippen LogP contribution in [0, 0.1) is 0 Å². The summed E-state index contributed by atoms with van der Waals surface area (Å²) in [6, 6.07) is -4.26. The van der Waals surface area contributed by atoms with Crippen molar-refractivity contribution >= 4 is 54.0 Å². The molecule has 0 aromatic carbocycles. The summed E-state index contributed by atoms with van der Waals surface area (Å²) in [5.41, 5.74) is 10.9. The number of hydrogen-bond acceptors (Lipinski definition) is 8. The van der Waals surface area contributed by atoms with Crippen molar-refractivity contribution in [3.05, 3.63) is 0 Å². The van der Waals surface area contributed by atoms with Crippen LogP contribution in [0.15, 0.2) is 0 Å². The number of likely N-dealkylation sites (tertiary alicyclic amines) is 1. The van der Waals surface area contributed by atoms with Gasteiger partial charge in [0.25, 0.3) is 0 Å². The van der Waals surface area contributed by atoms with Gasteiger partial charge in [0.1, 0.15) is 18.1 Å². The number of carbonyl (C=O) groups excluding carboxylic acids is 4. The number of nitrogens with one attached hydrogen (secondary N) is 2. The first-order valence-electron chi connectivity index (χ1n) is 9.40. The second-order valence-corrected chi connectivity index (χ2v) is 8.24. The van der Waals surface area contributed by atoms with Crippen LogP contribution < -0.4 is 22.1 Å². The standard InChI is InChI=1S/C17H29N5O6S2/c1-30-6-4-10(20-14(24)9(18)8-29)15(25)21-11(7-13(19)23)16(26)22-5-2-3-12(22)17(27)28/h9-12,29H,2-8,18H2,1H3,(H2,19,23)(H,20,24)(H,21,25)(H,27,28). The average molecular weight is 464 g/mol. The summed E-state index contributed by atoms with van der Waals surface area (Å²) in [6.07, 6.45) is 2.37. The van der Waals surface area contributed by atoms with Crippen LogP contribution in [0.5, 0.6) is 0 Å². The predicted molar refractivity (Wildman–Crippen MR) is 115 cm³/mol. The zero-order chi connectivity index (χ0) is 22.8. The molecule has 170 valence electrons. The van der Waals surface area contributed by atoms with Gasteiger partial charge in [-0.05, 0) is 31.3 Å². The highest BCUT2D eigenvalue weighted by atomic mass is 32.2. The molecule has 1 aliphatic rings. The highest BCUT2D eigenvalue weighted by molar-refractivity contribution is 7.98. The number of thioether (sulfide) groups is 1. The third-order valence-corrected chi connectivity index (χ3v) is 5.66. The van der Waals surface area contributed by atoms with Gasteiger partial charge in [-0.1, -0.05) is 0 Å². The van der Waals surface area contributed by atoms with E-state index in [-0.39, 0.29) is 25.1 Å². The van der Waals surface area contributed by atoms with E-state index >= 15 is 0 Å². The van der Waals surface area contributed by atoms with Crippen LogP contribution in [0.1, 0.15) is 25.7 Å².